The molecule has 0 bridgehead atoms. The second-order valence-electron chi connectivity index (χ2n) is 5.94. The molecule has 0 spiro atoms. The van der Waals surface area contributed by atoms with Crippen LogP contribution >= 0.6 is 0 Å². The van der Waals surface area contributed by atoms with Gasteiger partial charge in [0.2, 0.25) is 0 Å². The van der Waals surface area contributed by atoms with Gasteiger partial charge in [0.25, 0.3) is 5.91 Å². The zero-order valence-corrected chi connectivity index (χ0v) is 13.2. The summed E-state index contributed by atoms with van der Waals surface area (Å²) < 4.78 is 5.80. The Morgan fingerprint density at radius 3 is 2.81 bits per heavy atom. The molecule has 0 saturated carbocycles. The van der Waals surface area contributed by atoms with Crippen LogP contribution in [0.2, 0.25) is 0 Å². The molecule has 2 rings (SSSR count). The summed E-state index contributed by atoms with van der Waals surface area (Å²) in [5.41, 5.74) is 9.28. The third-order valence-corrected chi connectivity index (χ3v) is 4.18. The molecule has 4 nitrogen and oxygen atoms in total. The van der Waals surface area contributed by atoms with E-state index in [0.29, 0.717) is 13.0 Å². The van der Waals surface area contributed by atoms with Crippen molar-refractivity contribution in [3.05, 3.63) is 28.8 Å². The van der Waals surface area contributed by atoms with Gasteiger partial charge < -0.3 is 15.8 Å². The molecule has 1 amide bonds. The van der Waals surface area contributed by atoms with Gasteiger partial charge in [-0.05, 0) is 43.0 Å². The maximum atomic E-state index is 12.3. The Morgan fingerprint density at radius 1 is 1.43 bits per heavy atom. The molecule has 0 radical (unpaired) electrons. The Bertz CT molecular complexity index is 483. The second-order valence-corrected chi connectivity index (χ2v) is 5.94. The number of benzene rings is 1. The van der Waals surface area contributed by atoms with Crippen molar-refractivity contribution in [2.75, 3.05) is 6.54 Å². The van der Waals surface area contributed by atoms with Gasteiger partial charge in [0.1, 0.15) is 5.75 Å². The van der Waals surface area contributed by atoms with E-state index in [1.807, 2.05) is 6.07 Å². The van der Waals surface area contributed by atoms with E-state index in [0.717, 1.165) is 30.6 Å². The van der Waals surface area contributed by atoms with Gasteiger partial charge in [-0.2, -0.15) is 0 Å². The minimum Gasteiger partial charge on any atom is -0.480 e. The first kappa shape index (κ1) is 15.8. The SMILES string of the molecule is CCCCC(CN)NC(=O)C1Cc2cc(C)c(C)cc2O1. The fourth-order valence-corrected chi connectivity index (χ4v) is 2.65. The van der Waals surface area contributed by atoms with E-state index in [-0.39, 0.29) is 11.9 Å². The van der Waals surface area contributed by atoms with E-state index >= 15 is 0 Å². The highest BCUT2D eigenvalue weighted by Gasteiger charge is 2.30. The average Bonchev–Trinajstić information content (AvgIpc) is 2.86. The number of nitrogens with two attached hydrogens (primary N) is 1. The van der Waals surface area contributed by atoms with E-state index in [2.05, 4.69) is 32.2 Å². The fourth-order valence-electron chi connectivity index (χ4n) is 2.65. The van der Waals surface area contributed by atoms with Crippen molar-refractivity contribution in [1.29, 1.82) is 0 Å². The van der Waals surface area contributed by atoms with E-state index in [1.165, 1.54) is 11.1 Å². The topological polar surface area (TPSA) is 64.3 Å². The first-order valence-electron chi connectivity index (χ1n) is 7.82. The van der Waals surface area contributed by atoms with Crippen LogP contribution in [0.25, 0.3) is 0 Å². The van der Waals surface area contributed by atoms with Crippen molar-refractivity contribution in [3.8, 4) is 5.75 Å². The highest BCUT2D eigenvalue weighted by atomic mass is 16.5. The molecule has 1 heterocycles. The Balaban J connectivity index is 1.96. The van der Waals surface area contributed by atoms with Crippen LogP contribution < -0.4 is 15.8 Å². The predicted molar refractivity (Wildman–Crippen MR) is 84.5 cm³/mol. The lowest BCUT2D eigenvalue weighted by Crippen LogP contribution is -2.46. The van der Waals surface area contributed by atoms with Gasteiger partial charge >= 0.3 is 0 Å². The van der Waals surface area contributed by atoms with E-state index in [9.17, 15) is 4.79 Å². The number of hydrogen-bond donors (Lipinski definition) is 2. The first-order chi connectivity index (χ1) is 10.0. The van der Waals surface area contributed by atoms with Crippen LogP contribution in [-0.2, 0) is 11.2 Å². The van der Waals surface area contributed by atoms with Crippen molar-refractivity contribution in [3.63, 3.8) is 0 Å². The Hall–Kier alpha value is -1.55. The van der Waals surface area contributed by atoms with Crippen LogP contribution in [0.1, 0.15) is 42.9 Å². The van der Waals surface area contributed by atoms with Gasteiger partial charge in [0.15, 0.2) is 6.10 Å². The van der Waals surface area contributed by atoms with Gasteiger partial charge in [-0.25, -0.2) is 0 Å². The number of fused-ring (bicyclic) bond motifs is 1. The zero-order valence-electron chi connectivity index (χ0n) is 13.2. The molecule has 1 aliphatic rings. The molecular weight excluding hydrogens is 264 g/mol. The summed E-state index contributed by atoms with van der Waals surface area (Å²) in [5, 5.41) is 3.02. The lowest BCUT2D eigenvalue weighted by atomic mass is 10.0. The van der Waals surface area contributed by atoms with Gasteiger partial charge in [-0.3, -0.25) is 4.79 Å². The summed E-state index contributed by atoms with van der Waals surface area (Å²) in [6.07, 6.45) is 3.34. The molecule has 0 aliphatic carbocycles. The molecule has 21 heavy (non-hydrogen) atoms. The van der Waals surface area contributed by atoms with E-state index in [4.69, 9.17) is 10.5 Å². The number of carbonyl (C=O) groups excluding carboxylic acids is 1. The molecule has 0 fully saturated rings. The molecule has 1 aromatic rings. The van der Waals surface area contributed by atoms with Crippen molar-refractivity contribution in [1.82, 2.24) is 5.32 Å². The normalized spacial score (nSPS) is 18.0. The molecule has 1 aromatic carbocycles. The number of hydrogen-bond acceptors (Lipinski definition) is 3. The quantitative estimate of drug-likeness (QED) is 0.844. The predicted octanol–water partition coefficient (Wildman–Crippen LogP) is 2.24. The smallest absolute Gasteiger partial charge is 0.261 e. The number of amides is 1. The molecule has 116 valence electrons. The summed E-state index contributed by atoms with van der Waals surface area (Å²) in [6.45, 7) is 6.75. The van der Waals surface area contributed by atoms with Crippen LogP contribution in [-0.4, -0.2) is 24.6 Å². The van der Waals surface area contributed by atoms with Gasteiger partial charge in [0.05, 0.1) is 0 Å². The molecule has 3 N–H and O–H groups in total. The van der Waals surface area contributed by atoms with Crippen molar-refractivity contribution >= 4 is 5.91 Å². The lowest BCUT2D eigenvalue weighted by molar-refractivity contribution is -0.127. The lowest BCUT2D eigenvalue weighted by Gasteiger charge is -2.19. The minimum absolute atomic E-state index is 0.0481. The molecule has 2 atom stereocenters. The van der Waals surface area contributed by atoms with E-state index in [1.54, 1.807) is 0 Å². The van der Waals surface area contributed by atoms with Crippen LogP contribution in [0.4, 0.5) is 0 Å². The average molecular weight is 290 g/mol. The molecule has 0 saturated heterocycles. The summed E-state index contributed by atoms with van der Waals surface area (Å²) in [6, 6.07) is 4.19. The van der Waals surface area contributed by atoms with Crippen LogP contribution in [0.15, 0.2) is 12.1 Å². The minimum atomic E-state index is -0.420. The highest BCUT2D eigenvalue weighted by Crippen LogP contribution is 2.31. The third-order valence-electron chi connectivity index (χ3n) is 4.18. The van der Waals surface area contributed by atoms with E-state index < -0.39 is 6.10 Å². The van der Waals surface area contributed by atoms with Gasteiger partial charge in [-0.15, -0.1) is 0 Å². The Labute approximate surface area is 127 Å². The molecule has 4 heteroatoms. The molecule has 0 aromatic heterocycles. The highest BCUT2D eigenvalue weighted by molar-refractivity contribution is 5.82. The van der Waals surface area contributed by atoms with Crippen LogP contribution in [0, 0.1) is 13.8 Å². The van der Waals surface area contributed by atoms with Gasteiger partial charge in [-0.1, -0.05) is 25.8 Å². The maximum Gasteiger partial charge on any atom is 0.261 e. The summed E-state index contributed by atoms with van der Waals surface area (Å²) in [4.78, 5) is 12.3. The molecule has 2 unspecified atom stereocenters. The number of unbranched alkanes of at least 4 members (excludes halogenated alkanes) is 1. The number of carbonyl (C=O) groups is 1. The largest absolute Gasteiger partial charge is 0.480 e. The van der Waals surface area contributed by atoms with Crippen molar-refractivity contribution < 1.29 is 9.53 Å². The fraction of sp³-hybridized carbons (Fsp3) is 0.588. The number of aryl methyl sites for hydroxylation is 2. The molecule has 1 aliphatic heterocycles. The summed E-state index contributed by atoms with van der Waals surface area (Å²) in [7, 11) is 0. The maximum absolute atomic E-state index is 12.3. The summed E-state index contributed by atoms with van der Waals surface area (Å²) >= 11 is 0. The van der Waals surface area contributed by atoms with Crippen molar-refractivity contribution in [2.24, 2.45) is 5.73 Å². The number of nitrogens with one attached hydrogen (secondary N) is 1. The Kier molecular flexibility index (Phi) is 5.23. The number of ether oxygens (including phenoxy) is 1. The van der Waals surface area contributed by atoms with Gasteiger partial charge in [0, 0.05) is 19.0 Å². The monoisotopic (exact) mass is 290 g/mol. The molecular formula is C17H26N2O2. The van der Waals surface area contributed by atoms with Crippen LogP contribution in [0.5, 0.6) is 5.75 Å². The standard InChI is InChI=1S/C17H26N2O2/c1-4-5-6-14(10-18)19-17(20)16-9-13-7-11(2)12(3)8-15(13)21-16/h7-8,14,16H,4-6,9-10,18H2,1-3H3,(H,19,20). The van der Waals surface area contributed by atoms with Crippen LogP contribution in [0.3, 0.4) is 0 Å². The second kappa shape index (κ2) is 6.94. The Morgan fingerprint density at radius 2 is 2.14 bits per heavy atom. The zero-order chi connectivity index (χ0) is 15.4. The first-order valence-corrected chi connectivity index (χ1v) is 7.82. The third kappa shape index (κ3) is 3.76. The van der Waals surface area contributed by atoms with Crippen molar-refractivity contribution in [2.45, 2.75) is 58.6 Å². The number of rotatable bonds is 6. The summed E-state index contributed by atoms with van der Waals surface area (Å²) in [5.74, 6) is 0.796.